The Bertz CT molecular complexity index is 936. The van der Waals surface area contributed by atoms with Gasteiger partial charge in [0.05, 0.1) is 36.2 Å². The highest BCUT2D eigenvalue weighted by Crippen LogP contribution is 2.32. The molecule has 1 aromatic heterocycles. The average molecular weight is 371 g/mol. The lowest BCUT2D eigenvalue weighted by molar-refractivity contribution is 0.102. The summed E-state index contributed by atoms with van der Waals surface area (Å²) in [6, 6.07) is 12.7. The van der Waals surface area contributed by atoms with E-state index in [2.05, 4.69) is 5.32 Å². The van der Waals surface area contributed by atoms with Gasteiger partial charge in [-0.25, -0.2) is 0 Å². The van der Waals surface area contributed by atoms with Gasteiger partial charge in [-0.1, -0.05) is 17.7 Å². The lowest BCUT2D eigenvalue weighted by atomic mass is 10.1. The minimum Gasteiger partial charge on any atom is -0.496 e. The topological polar surface area (TPSA) is 52.5 Å². The van der Waals surface area contributed by atoms with Gasteiger partial charge in [0.25, 0.3) is 5.91 Å². The largest absolute Gasteiger partial charge is 0.496 e. The summed E-state index contributed by atoms with van der Waals surface area (Å²) in [5.41, 5.74) is 2.68. The fraction of sp³-hybridized carbons (Fsp3) is 0.150. The van der Waals surface area contributed by atoms with Gasteiger partial charge in [-0.15, -0.1) is 0 Å². The van der Waals surface area contributed by atoms with E-state index in [9.17, 15) is 4.79 Å². The minimum absolute atomic E-state index is 0.327. The molecule has 6 heteroatoms. The summed E-state index contributed by atoms with van der Waals surface area (Å²) in [4.78, 5) is 12.8. The van der Waals surface area contributed by atoms with Crippen LogP contribution in [-0.2, 0) is 0 Å². The zero-order valence-corrected chi connectivity index (χ0v) is 15.5. The summed E-state index contributed by atoms with van der Waals surface area (Å²) >= 11 is 6.40. The molecule has 0 bridgehead atoms. The van der Waals surface area contributed by atoms with Crippen LogP contribution in [0.3, 0.4) is 0 Å². The van der Waals surface area contributed by atoms with Crippen molar-refractivity contribution >= 4 is 23.2 Å². The number of benzene rings is 2. The summed E-state index contributed by atoms with van der Waals surface area (Å²) in [5.74, 6) is 0.687. The molecule has 0 aliphatic carbocycles. The molecule has 134 valence electrons. The molecule has 0 unspecified atom stereocenters. The lowest BCUT2D eigenvalue weighted by Gasteiger charge is -2.15. The number of anilines is 1. The first-order valence-corrected chi connectivity index (χ1v) is 8.38. The molecule has 0 saturated heterocycles. The van der Waals surface area contributed by atoms with E-state index in [-0.39, 0.29) is 5.91 Å². The Labute approximate surface area is 157 Å². The standard InChI is InChI=1S/C20H19ClN2O3/c1-13-6-7-18(25-2)16(10-13)22-20(24)14-11-15(21)17(12-19(14)26-3)23-8-4-5-9-23/h4-12H,1-3H3,(H,22,24). The monoisotopic (exact) mass is 370 g/mol. The summed E-state index contributed by atoms with van der Waals surface area (Å²) in [5, 5.41) is 3.31. The molecular weight excluding hydrogens is 352 g/mol. The molecule has 0 saturated carbocycles. The van der Waals surface area contributed by atoms with E-state index in [4.69, 9.17) is 21.1 Å². The Kier molecular flexibility index (Phi) is 5.19. The lowest BCUT2D eigenvalue weighted by Crippen LogP contribution is -2.14. The number of nitrogens with one attached hydrogen (secondary N) is 1. The maximum absolute atomic E-state index is 12.8. The van der Waals surface area contributed by atoms with Crippen molar-refractivity contribution in [3.8, 4) is 17.2 Å². The number of carbonyl (C=O) groups is 1. The fourth-order valence-corrected chi connectivity index (χ4v) is 2.95. The Morgan fingerprint density at radius 1 is 1.04 bits per heavy atom. The maximum Gasteiger partial charge on any atom is 0.259 e. The van der Waals surface area contributed by atoms with Crippen molar-refractivity contribution < 1.29 is 14.3 Å². The van der Waals surface area contributed by atoms with Gasteiger partial charge >= 0.3 is 0 Å². The van der Waals surface area contributed by atoms with Crippen LogP contribution in [0.2, 0.25) is 5.02 Å². The van der Waals surface area contributed by atoms with Crippen LogP contribution in [0.1, 0.15) is 15.9 Å². The Morgan fingerprint density at radius 2 is 1.73 bits per heavy atom. The summed E-state index contributed by atoms with van der Waals surface area (Å²) < 4.78 is 12.6. The quantitative estimate of drug-likeness (QED) is 0.707. The number of nitrogens with zero attached hydrogens (tertiary/aromatic N) is 1. The van der Waals surface area contributed by atoms with E-state index < -0.39 is 0 Å². The molecule has 1 amide bonds. The molecule has 3 aromatic rings. The zero-order chi connectivity index (χ0) is 18.7. The fourth-order valence-electron chi connectivity index (χ4n) is 2.69. The van der Waals surface area contributed by atoms with Crippen LogP contribution in [0.15, 0.2) is 54.9 Å². The van der Waals surface area contributed by atoms with E-state index in [1.807, 2.05) is 54.2 Å². The summed E-state index contributed by atoms with van der Waals surface area (Å²) in [6.45, 7) is 1.94. The predicted octanol–water partition coefficient (Wildman–Crippen LogP) is 4.71. The highest BCUT2D eigenvalue weighted by molar-refractivity contribution is 6.33. The Hall–Kier alpha value is -2.92. The van der Waals surface area contributed by atoms with Gasteiger partial charge in [0, 0.05) is 18.5 Å². The third kappa shape index (κ3) is 3.53. The van der Waals surface area contributed by atoms with Gasteiger partial charge in [-0.05, 0) is 42.8 Å². The number of methoxy groups -OCH3 is 2. The molecule has 0 aliphatic heterocycles. The van der Waals surface area contributed by atoms with Crippen LogP contribution in [-0.4, -0.2) is 24.7 Å². The molecular formula is C20H19ClN2O3. The maximum atomic E-state index is 12.8. The smallest absolute Gasteiger partial charge is 0.259 e. The van der Waals surface area contributed by atoms with Crippen molar-refractivity contribution in [1.82, 2.24) is 4.57 Å². The van der Waals surface area contributed by atoms with Crippen LogP contribution >= 0.6 is 11.6 Å². The van der Waals surface area contributed by atoms with Crippen molar-refractivity contribution in [3.63, 3.8) is 0 Å². The number of hydrogen-bond donors (Lipinski definition) is 1. The van der Waals surface area contributed by atoms with E-state index in [0.717, 1.165) is 11.3 Å². The first-order chi connectivity index (χ1) is 12.5. The van der Waals surface area contributed by atoms with Gasteiger partial charge in [-0.3, -0.25) is 4.79 Å². The first kappa shape index (κ1) is 17.9. The second-order valence-electron chi connectivity index (χ2n) is 5.75. The number of aromatic nitrogens is 1. The van der Waals surface area contributed by atoms with E-state index in [0.29, 0.717) is 27.8 Å². The second-order valence-corrected chi connectivity index (χ2v) is 6.16. The highest BCUT2D eigenvalue weighted by atomic mass is 35.5. The van der Waals surface area contributed by atoms with E-state index >= 15 is 0 Å². The predicted molar refractivity (Wildman–Crippen MR) is 103 cm³/mol. The van der Waals surface area contributed by atoms with Gasteiger partial charge < -0.3 is 19.4 Å². The van der Waals surface area contributed by atoms with Crippen molar-refractivity contribution in [1.29, 1.82) is 0 Å². The molecule has 2 aromatic carbocycles. The first-order valence-electron chi connectivity index (χ1n) is 8.00. The van der Waals surface area contributed by atoms with Crippen LogP contribution in [0.25, 0.3) is 5.69 Å². The summed E-state index contributed by atoms with van der Waals surface area (Å²) in [6.07, 6.45) is 3.75. The number of aryl methyl sites for hydroxylation is 1. The number of hydrogen-bond acceptors (Lipinski definition) is 3. The van der Waals surface area contributed by atoms with Crippen LogP contribution in [0, 0.1) is 6.92 Å². The van der Waals surface area contributed by atoms with Crippen molar-refractivity contribution in [2.45, 2.75) is 6.92 Å². The van der Waals surface area contributed by atoms with Crippen LogP contribution in [0.4, 0.5) is 5.69 Å². The van der Waals surface area contributed by atoms with Crippen molar-refractivity contribution in [3.05, 3.63) is 71.0 Å². The van der Waals surface area contributed by atoms with Crippen LogP contribution < -0.4 is 14.8 Å². The summed E-state index contributed by atoms with van der Waals surface area (Å²) in [7, 11) is 3.08. The second kappa shape index (κ2) is 7.54. The molecule has 26 heavy (non-hydrogen) atoms. The number of halogens is 1. The minimum atomic E-state index is -0.327. The van der Waals surface area contributed by atoms with Crippen molar-refractivity contribution in [2.75, 3.05) is 19.5 Å². The molecule has 3 rings (SSSR count). The Morgan fingerprint density at radius 3 is 2.38 bits per heavy atom. The van der Waals surface area contributed by atoms with Gasteiger partial charge in [0.2, 0.25) is 0 Å². The third-order valence-electron chi connectivity index (χ3n) is 4.00. The van der Waals surface area contributed by atoms with Gasteiger partial charge in [-0.2, -0.15) is 0 Å². The molecule has 0 spiro atoms. The zero-order valence-electron chi connectivity index (χ0n) is 14.7. The SMILES string of the molecule is COc1ccc(C)cc1NC(=O)c1cc(Cl)c(-n2cccc2)cc1OC. The van der Waals surface area contributed by atoms with Gasteiger partial charge in [0.1, 0.15) is 11.5 Å². The van der Waals surface area contributed by atoms with E-state index in [1.54, 1.807) is 19.2 Å². The van der Waals surface area contributed by atoms with E-state index in [1.165, 1.54) is 7.11 Å². The molecule has 1 N–H and O–H groups in total. The molecule has 0 radical (unpaired) electrons. The van der Waals surface area contributed by atoms with Crippen molar-refractivity contribution in [2.24, 2.45) is 0 Å². The van der Waals surface area contributed by atoms with Crippen LogP contribution in [0.5, 0.6) is 11.5 Å². The Balaban J connectivity index is 1.97. The molecule has 0 aliphatic rings. The molecule has 1 heterocycles. The molecule has 5 nitrogen and oxygen atoms in total. The third-order valence-corrected chi connectivity index (χ3v) is 4.30. The van der Waals surface area contributed by atoms with Gasteiger partial charge in [0.15, 0.2) is 0 Å². The average Bonchev–Trinajstić information content (AvgIpc) is 3.16. The number of rotatable bonds is 5. The number of amides is 1. The molecule has 0 fully saturated rings. The number of ether oxygens (including phenoxy) is 2. The number of carbonyl (C=O) groups excluding carboxylic acids is 1. The molecule has 0 atom stereocenters. The normalized spacial score (nSPS) is 10.5. The highest BCUT2D eigenvalue weighted by Gasteiger charge is 2.18.